The zero-order valence-corrected chi connectivity index (χ0v) is 11.9. The molecule has 1 heterocycles. The van der Waals surface area contributed by atoms with Gasteiger partial charge in [0.15, 0.2) is 0 Å². The van der Waals surface area contributed by atoms with E-state index in [0.717, 1.165) is 19.4 Å². The van der Waals surface area contributed by atoms with Crippen LogP contribution in [0.1, 0.15) is 63.3 Å². The van der Waals surface area contributed by atoms with Crippen molar-refractivity contribution in [3.63, 3.8) is 0 Å². The van der Waals surface area contributed by atoms with Gasteiger partial charge in [0, 0.05) is 23.2 Å². The number of thiazole rings is 1. The SMILES string of the molecule is CCC(C)(CC)NCc1ncc(C(C)C)s1. The molecule has 1 N–H and O–H groups in total. The summed E-state index contributed by atoms with van der Waals surface area (Å²) in [7, 11) is 0. The van der Waals surface area contributed by atoms with Crippen molar-refractivity contribution in [1.29, 1.82) is 0 Å². The average Bonchev–Trinajstić information content (AvgIpc) is 2.75. The standard InChI is InChI=1S/C13H24N2S/c1-6-13(5,7-2)15-9-12-14-8-11(16-12)10(3)4/h8,10,15H,6-7,9H2,1-5H3. The van der Waals surface area contributed by atoms with Crippen LogP contribution in [0.15, 0.2) is 6.20 Å². The maximum Gasteiger partial charge on any atom is 0.107 e. The van der Waals surface area contributed by atoms with Crippen molar-refractivity contribution in [3.05, 3.63) is 16.1 Å². The second kappa shape index (κ2) is 5.78. The van der Waals surface area contributed by atoms with Crippen LogP contribution in [0.5, 0.6) is 0 Å². The summed E-state index contributed by atoms with van der Waals surface area (Å²) in [4.78, 5) is 5.85. The molecule has 2 nitrogen and oxygen atoms in total. The van der Waals surface area contributed by atoms with Crippen molar-refractivity contribution < 1.29 is 0 Å². The van der Waals surface area contributed by atoms with Crippen LogP contribution in [0.2, 0.25) is 0 Å². The lowest BCUT2D eigenvalue weighted by Crippen LogP contribution is -2.40. The van der Waals surface area contributed by atoms with E-state index in [-0.39, 0.29) is 5.54 Å². The predicted octanol–water partition coefficient (Wildman–Crippen LogP) is 3.93. The molecule has 92 valence electrons. The first kappa shape index (κ1) is 13.7. The summed E-state index contributed by atoms with van der Waals surface area (Å²) < 4.78 is 0. The van der Waals surface area contributed by atoms with E-state index < -0.39 is 0 Å². The first-order valence-electron chi connectivity index (χ1n) is 6.20. The third kappa shape index (κ3) is 3.56. The van der Waals surface area contributed by atoms with Crippen molar-refractivity contribution >= 4 is 11.3 Å². The van der Waals surface area contributed by atoms with Crippen LogP contribution in [0, 0.1) is 0 Å². The maximum atomic E-state index is 4.47. The van der Waals surface area contributed by atoms with Crippen molar-refractivity contribution in [1.82, 2.24) is 10.3 Å². The molecule has 0 saturated carbocycles. The van der Waals surface area contributed by atoms with Crippen LogP contribution in [0.4, 0.5) is 0 Å². The summed E-state index contributed by atoms with van der Waals surface area (Å²) >= 11 is 1.83. The van der Waals surface area contributed by atoms with Gasteiger partial charge in [0.1, 0.15) is 5.01 Å². The predicted molar refractivity (Wildman–Crippen MR) is 72.0 cm³/mol. The van der Waals surface area contributed by atoms with Gasteiger partial charge in [-0.3, -0.25) is 0 Å². The Morgan fingerprint density at radius 3 is 2.44 bits per heavy atom. The van der Waals surface area contributed by atoms with E-state index in [1.54, 1.807) is 0 Å². The van der Waals surface area contributed by atoms with Gasteiger partial charge < -0.3 is 5.32 Å². The zero-order chi connectivity index (χ0) is 12.2. The van der Waals surface area contributed by atoms with Gasteiger partial charge in [0.25, 0.3) is 0 Å². The number of rotatable bonds is 6. The van der Waals surface area contributed by atoms with Gasteiger partial charge in [-0.15, -0.1) is 11.3 Å². The molecule has 0 aliphatic rings. The fourth-order valence-corrected chi connectivity index (χ4v) is 2.32. The molecule has 0 unspecified atom stereocenters. The van der Waals surface area contributed by atoms with Crippen molar-refractivity contribution in [3.8, 4) is 0 Å². The zero-order valence-electron chi connectivity index (χ0n) is 11.1. The molecule has 0 aliphatic carbocycles. The Bertz CT molecular complexity index is 313. The normalized spacial score (nSPS) is 12.4. The van der Waals surface area contributed by atoms with E-state index in [9.17, 15) is 0 Å². The van der Waals surface area contributed by atoms with Gasteiger partial charge in [-0.25, -0.2) is 4.98 Å². The summed E-state index contributed by atoms with van der Waals surface area (Å²) in [6, 6.07) is 0. The third-order valence-electron chi connectivity index (χ3n) is 3.37. The molecule has 1 aromatic rings. The Hall–Kier alpha value is -0.410. The second-order valence-corrected chi connectivity index (χ2v) is 6.08. The van der Waals surface area contributed by atoms with Gasteiger partial charge in [0.05, 0.1) is 0 Å². The molecule has 0 radical (unpaired) electrons. The van der Waals surface area contributed by atoms with Crippen molar-refractivity contribution in [2.45, 2.75) is 65.5 Å². The molecule has 0 aliphatic heterocycles. The Kier molecular flexibility index (Phi) is 4.93. The molecule has 3 heteroatoms. The molecular weight excluding hydrogens is 216 g/mol. The third-order valence-corrected chi connectivity index (χ3v) is 4.67. The summed E-state index contributed by atoms with van der Waals surface area (Å²) in [5.74, 6) is 0.593. The number of nitrogens with zero attached hydrogens (tertiary/aromatic N) is 1. The highest BCUT2D eigenvalue weighted by atomic mass is 32.1. The van der Waals surface area contributed by atoms with Gasteiger partial charge in [0.2, 0.25) is 0 Å². The molecule has 0 fully saturated rings. The lowest BCUT2D eigenvalue weighted by molar-refractivity contribution is 0.329. The highest BCUT2D eigenvalue weighted by molar-refractivity contribution is 7.11. The lowest BCUT2D eigenvalue weighted by Gasteiger charge is -2.27. The molecule has 0 amide bonds. The van der Waals surface area contributed by atoms with Gasteiger partial charge >= 0.3 is 0 Å². The molecular formula is C13H24N2S. The fraction of sp³-hybridized carbons (Fsp3) is 0.769. The number of nitrogens with one attached hydrogen (secondary N) is 1. The first-order chi connectivity index (χ1) is 7.50. The molecule has 0 saturated heterocycles. The van der Waals surface area contributed by atoms with Crippen molar-refractivity contribution in [2.24, 2.45) is 0 Å². The molecule has 0 aromatic carbocycles. The minimum absolute atomic E-state index is 0.254. The molecule has 0 bridgehead atoms. The van der Waals surface area contributed by atoms with Crippen LogP contribution >= 0.6 is 11.3 Å². The number of aromatic nitrogens is 1. The van der Waals surface area contributed by atoms with Crippen LogP contribution in [-0.4, -0.2) is 10.5 Å². The van der Waals surface area contributed by atoms with E-state index in [1.165, 1.54) is 9.88 Å². The molecule has 0 atom stereocenters. The Labute approximate surface area is 103 Å². The Morgan fingerprint density at radius 1 is 1.38 bits per heavy atom. The van der Waals surface area contributed by atoms with Crippen LogP contribution < -0.4 is 5.32 Å². The van der Waals surface area contributed by atoms with Gasteiger partial charge in [-0.2, -0.15) is 0 Å². The Morgan fingerprint density at radius 2 is 2.00 bits per heavy atom. The Balaban J connectivity index is 2.54. The summed E-state index contributed by atoms with van der Waals surface area (Å²) in [6.45, 7) is 12.1. The van der Waals surface area contributed by atoms with E-state index >= 15 is 0 Å². The van der Waals surface area contributed by atoms with E-state index in [4.69, 9.17) is 0 Å². The summed E-state index contributed by atoms with van der Waals surface area (Å²) in [5.41, 5.74) is 0.254. The van der Waals surface area contributed by atoms with Crippen LogP contribution in [0.3, 0.4) is 0 Å². The minimum Gasteiger partial charge on any atom is -0.305 e. The van der Waals surface area contributed by atoms with Gasteiger partial charge in [-0.05, 0) is 25.7 Å². The quantitative estimate of drug-likeness (QED) is 0.815. The fourth-order valence-electron chi connectivity index (χ4n) is 1.46. The second-order valence-electron chi connectivity index (χ2n) is 4.93. The number of hydrogen-bond acceptors (Lipinski definition) is 3. The first-order valence-corrected chi connectivity index (χ1v) is 7.02. The molecule has 0 spiro atoms. The van der Waals surface area contributed by atoms with Crippen LogP contribution in [0.25, 0.3) is 0 Å². The molecule has 1 rings (SSSR count). The number of hydrogen-bond donors (Lipinski definition) is 1. The largest absolute Gasteiger partial charge is 0.305 e. The van der Waals surface area contributed by atoms with Crippen LogP contribution in [-0.2, 0) is 6.54 Å². The van der Waals surface area contributed by atoms with E-state index in [2.05, 4.69) is 44.9 Å². The lowest BCUT2D eigenvalue weighted by atomic mass is 9.96. The van der Waals surface area contributed by atoms with E-state index in [0.29, 0.717) is 5.92 Å². The molecule has 1 aromatic heterocycles. The maximum absolute atomic E-state index is 4.47. The average molecular weight is 240 g/mol. The molecule has 16 heavy (non-hydrogen) atoms. The summed E-state index contributed by atoms with van der Waals surface area (Å²) in [5, 5.41) is 4.82. The van der Waals surface area contributed by atoms with Gasteiger partial charge in [-0.1, -0.05) is 27.7 Å². The van der Waals surface area contributed by atoms with Crippen molar-refractivity contribution in [2.75, 3.05) is 0 Å². The monoisotopic (exact) mass is 240 g/mol. The topological polar surface area (TPSA) is 24.9 Å². The highest BCUT2D eigenvalue weighted by Crippen LogP contribution is 2.22. The summed E-state index contributed by atoms with van der Waals surface area (Å²) in [6.07, 6.45) is 4.33. The highest BCUT2D eigenvalue weighted by Gasteiger charge is 2.18. The van der Waals surface area contributed by atoms with E-state index in [1.807, 2.05) is 17.5 Å². The minimum atomic E-state index is 0.254. The smallest absolute Gasteiger partial charge is 0.107 e.